The molecular formula is C16H23N3OS. The molecule has 0 atom stereocenters. The smallest absolute Gasteiger partial charge is 0.224 e. The van der Waals surface area contributed by atoms with Crippen molar-refractivity contribution in [2.24, 2.45) is 5.73 Å². The molecule has 0 saturated carbocycles. The Balaban J connectivity index is 1.65. The number of nitrogens with zero attached hydrogens (tertiary/aromatic N) is 2. The molecule has 0 spiro atoms. The van der Waals surface area contributed by atoms with Crippen molar-refractivity contribution in [1.82, 2.24) is 9.88 Å². The fourth-order valence-electron chi connectivity index (χ4n) is 3.19. The molecule has 0 amide bonds. The van der Waals surface area contributed by atoms with Crippen LogP contribution in [-0.4, -0.2) is 41.1 Å². The van der Waals surface area contributed by atoms with Crippen LogP contribution in [0.3, 0.4) is 0 Å². The second kappa shape index (κ2) is 6.71. The Morgan fingerprint density at radius 3 is 2.81 bits per heavy atom. The van der Waals surface area contributed by atoms with Gasteiger partial charge in [-0.3, -0.25) is 4.90 Å². The Hall–Kier alpha value is -1.20. The standard InChI is InChI=1S/C16H23N3OS/c17-15(21)13-11-12-5-4-6-14(12)18-16(13)20-10-9-19-7-2-1-3-8-19/h11H,1-10H2,(H2,17,21). The number of rotatable bonds is 5. The number of thiocarbonyl (C=S) groups is 1. The van der Waals surface area contributed by atoms with Gasteiger partial charge >= 0.3 is 0 Å². The number of fused-ring (bicyclic) bond motifs is 1. The largest absolute Gasteiger partial charge is 0.476 e. The van der Waals surface area contributed by atoms with Gasteiger partial charge in [0.25, 0.3) is 0 Å². The summed E-state index contributed by atoms with van der Waals surface area (Å²) in [5, 5.41) is 0. The molecular weight excluding hydrogens is 282 g/mol. The van der Waals surface area contributed by atoms with Crippen molar-refractivity contribution in [2.45, 2.75) is 38.5 Å². The molecule has 1 aliphatic heterocycles. The normalized spacial score (nSPS) is 18.5. The van der Waals surface area contributed by atoms with Crippen LogP contribution in [0.4, 0.5) is 0 Å². The number of likely N-dealkylation sites (tertiary alicyclic amines) is 1. The Morgan fingerprint density at radius 1 is 1.24 bits per heavy atom. The Kier molecular flexibility index (Phi) is 4.70. The minimum Gasteiger partial charge on any atom is -0.476 e. The molecule has 0 radical (unpaired) electrons. The van der Waals surface area contributed by atoms with Gasteiger partial charge in [-0.15, -0.1) is 0 Å². The van der Waals surface area contributed by atoms with Gasteiger partial charge in [-0.05, 0) is 56.8 Å². The van der Waals surface area contributed by atoms with E-state index in [9.17, 15) is 0 Å². The molecule has 4 nitrogen and oxygen atoms in total. The van der Waals surface area contributed by atoms with E-state index in [0.29, 0.717) is 17.5 Å². The Morgan fingerprint density at radius 2 is 2.05 bits per heavy atom. The van der Waals surface area contributed by atoms with E-state index in [4.69, 9.17) is 22.7 Å². The summed E-state index contributed by atoms with van der Waals surface area (Å²) >= 11 is 5.14. The highest BCUT2D eigenvalue weighted by Crippen LogP contribution is 2.26. The number of hydrogen-bond donors (Lipinski definition) is 1. The van der Waals surface area contributed by atoms with Crippen LogP contribution >= 0.6 is 12.2 Å². The van der Waals surface area contributed by atoms with Crippen LogP contribution in [0.5, 0.6) is 5.88 Å². The van der Waals surface area contributed by atoms with Crippen molar-refractivity contribution in [3.05, 3.63) is 22.9 Å². The Bertz CT molecular complexity index is 526. The highest BCUT2D eigenvalue weighted by Gasteiger charge is 2.19. The van der Waals surface area contributed by atoms with Gasteiger partial charge in [-0.1, -0.05) is 18.6 Å². The van der Waals surface area contributed by atoms with Crippen molar-refractivity contribution < 1.29 is 4.74 Å². The number of piperidine rings is 1. The summed E-state index contributed by atoms with van der Waals surface area (Å²) in [6, 6.07) is 2.08. The van der Waals surface area contributed by atoms with Gasteiger partial charge in [0.2, 0.25) is 5.88 Å². The van der Waals surface area contributed by atoms with Gasteiger partial charge in [-0.25, -0.2) is 4.98 Å². The van der Waals surface area contributed by atoms with Crippen LogP contribution in [0.2, 0.25) is 0 Å². The second-order valence-corrected chi connectivity index (χ2v) is 6.36. The third-order valence-corrected chi connectivity index (χ3v) is 4.60. The zero-order chi connectivity index (χ0) is 14.7. The van der Waals surface area contributed by atoms with Crippen LogP contribution < -0.4 is 10.5 Å². The molecule has 1 aromatic rings. The summed E-state index contributed by atoms with van der Waals surface area (Å²) < 4.78 is 5.91. The molecule has 1 aromatic heterocycles. The average Bonchev–Trinajstić information content (AvgIpc) is 2.94. The van der Waals surface area contributed by atoms with Crippen molar-refractivity contribution in [3.8, 4) is 5.88 Å². The number of ether oxygens (including phenoxy) is 1. The number of aromatic nitrogens is 1. The lowest BCUT2D eigenvalue weighted by Gasteiger charge is -2.26. The van der Waals surface area contributed by atoms with E-state index in [-0.39, 0.29) is 0 Å². The average molecular weight is 305 g/mol. The highest BCUT2D eigenvalue weighted by molar-refractivity contribution is 7.80. The van der Waals surface area contributed by atoms with Gasteiger partial charge in [0.1, 0.15) is 11.6 Å². The quantitative estimate of drug-likeness (QED) is 0.844. The fraction of sp³-hybridized carbons (Fsp3) is 0.625. The van der Waals surface area contributed by atoms with Crippen LogP contribution in [0.15, 0.2) is 6.07 Å². The molecule has 1 saturated heterocycles. The lowest BCUT2D eigenvalue weighted by molar-refractivity contribution is 0.180. The molecule has 1 aliphatic carbocycles. The fourth-order valence-corrected chi connectivity index (χ4v) is 3.34. The first-order valence-electron chi connectivity index (χ1n) is 7.92. The predicted octanol–water partition coefficient (Wildman–Crippen LogP) is 2.07. The number of aryl methyl sites for hydroxylation is 2. The van der Waals surface area contributed by atoms with Gasteiger partial charge in [0.05, 0.1) is 5.56 Å². The first-order chi connectivity index (χ1) is 10.2. The SMILES string of the molecule is NC(=S)c1cc2c(nc1OCCN1CCCCC1)CCC2. The topological polar surface area (TPSA) is 51.4 Å². The lowest BCUT2D eigenvalue weighted by atomic mass is 10.1. The maximum absolute atomic E-state index is 5.91. The van der Waals surface area contributed by atoms with E-state index >= 15 is 0 Å². The number of nitrogens with two attached hydrogens (primary N) is 1. The molecule has 0 unspecified atom stereocenters. The molecule has 114 valence electrons. The van der Waals surface area contributed by atoms with Gasteiger partial charge in [0, 0.05) is 12.2 Å². The molecule has 3 rings (SSSR count). The maximum Gasteiger partial charge on any atom is 0.224 e. The van der Waals surface area contributed by atoms with Gasteiger partial charge in [-0.2, -0.15) is 0 Å². The van der Waals surface area contributed by atoms with Crippen molar-refractivity contribution in [1.29, 1.82) is 0 Å². The lowest BCUT2D eigenvalue weighted by Crippen LogP contribution is -2.33. The van der Waals surface area contributed by atoms with E-state index < -0.39 is 0 Å². The van der Waals surface area contributed by atoms with E-state index in [0.717, 1.165) is 37.1 Å². The van der Waals surface area contributed by atoms with Crippen LogP contribution in [0.25, 0.3) is 0 Å². The molecule has 0 bridgehead atoms. The van der Waals surface area contributed by atoms with E-state index in [1.807, 2.05) is 0 Å². The summed E-state index contributed by atoms with van der Waals surface area (Å²) in [6.07, 6.45) is 7.23. The summed E-state index contributed by atoms with van der Waals surface area (Å²) in [4.78, 5) is 7.48. The first kappa shape index (κ1) is 14.7. The highest BCUT2D eigenvalue weighted by atomic mass is 32.1. The minimum absolute atomic E-state index is 0.380. The van der Waals surface area contributed by atoms with Crippen LogP contribution in [-0.2, 0) is 12.8 Å². The van der Waals surface area contributed by atoms with Crippen molar-refractivity contribution >= 4 is 17.2 Å². The van der Waals surface area contributed by atoms with Crippen molar-refractivity contribution in [2.75, 3.05) is 26.2 Å². The third kappa shape index (κ3) is 3.52. The van der Waals surface area contributed by atoms with Gasteiger partial charge < -0.3 is 10.5 Å². The van der Waals surface area contributed by atoms with E-state index in [1.165, 1.54) is 37.9 Å². The molecule has 2 heterocycles. The number of pyridine rings is 1. The monoisotopic (exact) mass is 305 g/mol. The van der Waals surface area contributed by atoms with Gasteiger partial charge in [0.15, 0.2) is 0 Å². The third-order valence-electron chi connectivity index (χ3n) is 4.38. The zero-order valence-corrected chi connectivity index (χ0v) is 13.3. The predicted molar refractivity (Wildman–Crippen MR) is 87.9 cm³/mol. The van der Waals surface area contributed by atoms with Crippen molar-refractivity contribution in [3.63, 3.8) is 0 Å². The first-order valence-corrected chi connectivity index (χ1v) is 8.32. The Labute approximate surface area is 131 Å². The number of hydrogen-bond acceptors (Lipinski definition) is 4. The minimum atomic E-state index is 0.380. The van der Waals surface area contributed by atoms with Crippen LogP contribution in [0.1, 0.15) is 42.5 Å². The zero-order valence-electron chi connectivity index (χ0n) is 12.4. The van der Waals surface area contributed by atoms with Crippen LogP contribution in [0, 0.1) is 0 Å². The van der Waals surface area contributed by atoms with E-state index in [1.54, 1.807) is 0 Å². The maximum atomic E-state index is 5.91. The van der Waals surface area contributed by atoms with E-state index in [2.05, 4.69) is 16.0 Å². The summed E-state index contributed by atoms with van der Waals surface area (Å²) in [7, 11) is 0. The molecule has 1 fully saturated rings. The summed E-state index contributed by atoms with van der Waals surface area (Å²) in [5.41, 5.74) is 9.05. The summed E-state index contributed by atoms with van der Waals surface area (Å²) in [6.45, 7) is 3.98. The molecule has 2 N–H and O–H groups in total. The molecule has 21 heavy (non-hydrogen) atoms. The second-order valence-electron chi connectivity index (χ2n) is 5.92. The molecule has 5 heteroatoms. The molecule has 0 aromatic carbocycles. The summed E-state index contributed by atoms with van der Waals surface area (Å²) in [5.74, 6) is 0.625. The molecule has 2 aliphatic rings.